The molecule has 6 rings (SSSR count). The molecule has 0 spiro atoms. The monoisotopic (exact) mass is 485 g/mol. The van der Waals surface area contributed by atoms with Crippen molar-refractivity contribution in [3.05, 3.63) is 138 Å². The van der Waals surface area contributed by atoms with E-state index in [0.29, 0.717) is 18.0 Å². The second kappa shape index (κ2) is 11.1. The van der Waals surface area contributed by atoms with E-state index in [1.165, 1.54) is 35.0 Å². The van der Waals surface area contributed by atoms with Crippen LogP contribution in [0.15, 0.2) is 122 Å². The molecule has 3 atom stereocenters. The van der Waals surface area contributed by atoms with Crippen molar-refractivity contribution in [1.82, 2.24) is 14.5 Å². The molecule has 3 nitrogen and oxygen atoms in total. The molecule has 1 saturated heterocycles. The van der Waals surface area contributed by atoms with Crippen molar-refractivity contribution in [2.75, 3.05) is 6.54 Å². The molecule has 3 unspecified atom stereocenters. The van der Waals surface area contributed by atoms with Gasteiger partial charge in [0.05, 0.1) is 17.4 Å². The fourth-order valence-corrected chi connectivity index (χ4v) is 6.20. The van der Waals surface area contributed by atoms with Gasteiger partial charge >= 0.3 is 0 Å². The summed E-state index contributed by atoms with van der Waals surface area (Å²) >= 11 is 0. The van der Waals surface area contributed by atoms with E-state index in [-0.39, 0.29) is 0 Å². The normalized spacial score (nSPS) is 19.1. The van der Waals surface area contributed by atoms with Gasteiger partial charge in [-0.15, -0.1) is 0 Å². The van der Waals surface area contributed by atoms with E-state index in [0.717, 1.165) is 31.4 Å². The van der Waals surface area contributed by atoms with E-state index in [1.54, 1.807) is 0 Å². The van der Waals surface area contributed by atoms with Crippen LogP contribution in [0.4, 0.5) is 0 Å². The van der Waals surface area contributed by atoms with Gasteiger partial charge in [-0.1, -0.05) is 103 Å². The van der Waals surface area contributed by atoms with Gasteiger partial charge in [0.25, 0.3) is 0 Å². The number of hydrogen-bond donors (Lipinski definition) is 0. The number of nitrogens with zero attached hydrogens (tertiary/aromatic N) is 3. The Morgan fingerprint density at radius 2 is 1.32 bits per heavy atom. The predicted octanol–water partition coefficient (Wildman–Crippen LogP) is 7.34. The fraction of sp³-hybridized carbons (Fsp3) is 0.265. The maximum absolute atomic E-state index is 4.79. The number of para-hydroxylation sites is 2. The Morgan fingerprint density at radius 1 is 0.703 bits per heavy atom. The van der Waals surface area contributed by atoms with Crippen molar-refractivity contribution in [1.29, 1.82) is 0 Å². The third-order valence-electron chi connectivity index (χ3n) is 8.09. The quantitative estimate of drug-likeness (QED) is 0.229. The molecule has 4 aromatic carbocycles. The standard InChI is InChI=1S/C34H35N3/c1-4-12-27(13-5-1)22-31-24-30(20-21-36(31)25-29-16-8-3-9-17-29)34(23-28-14-6-2-7-15-28)37-26-35-32-18-10-11-19-33(32)37/h1-19,26,30-31,34H,20-25H2. The molecule has 37 heavy (non-hydrogen) atoms. The molecular weight excluding hydrogens is 450 g/mol. The topological polar surface area (TPSA) is 21.1 Å². The van der Waals surface area contributed by atoms with Crippen LogP contribution in [0.5, 0.6) is 0 Å². The molecule has 0 bridgehead atoms. The van der Waals surface area contributed by atoms with Gasteiger partial charge in [-0.3, -0.25) is 4.90 Å². The van der Waals surface area contributed by atoms with Crippen LogP contribution in [0.3, 0.4) is 0 Å². The van der Waals surface area contributed by atoms with E-state index in [4.69, 9.17) is 4.98 Å². The second-order valence-corrected chi connectivity index (χ2v) is 10.5. The molecule has 5 aromatic rings. The fourth-order valence-electron chi connectivity index (χ4n) is 6.20. The first kappa shape index (κ1) is 23.7. The lowest BCUT2D eigenvalue weighted by Gasteiger charge is -2.43. The Hall–Kier alpha value is -3.69. The lowest BCUT2D eigenvalue weighted by Crippen LogP contribution is -2.45. The summed E-state index contributed by atoms with van der Waals surface area (Å²) in [6.07, 6.45) is 6.59. The third-order valence-corrected chi connectivity index (χ3v) is 8.09. The zero-order valence-electron chi connectivity index (χ0n) is 21.4. The Balaban J connectivity index is 1.32. The van der Waals surface area contributed by atoms with Gasteiger partial charge in [0, 0.05) is 18.6 Å². The summed E-state index contributed by atoms with van der Waals surface area (Å²) in [6.45, 7) is 2.14. The minimum absolute atomic E-state index is 0.381. The summed E-state index contributed by atoms with van der Waals surface area (Å²) < 4.78 is 2.47. The van der Waals surface area contributed by atoms with Crippen molar-refractivity contribution in [2.24, 2.45) is 5.92 Å². The highest BCUT2D eigenvalue weighted by Crippen LogP contribution is 2.37. The summed E-state index contributed by atoms with van der Waals surface area (Å²) in [7, 11) is 0. The van der Waals surface area contributed by atoms with Gasteiger partial charge < -0.3 is 4.57 Å². The van der Waals surface area contributed by atoms with E-state index in [1.807, 2.05) is 0 Å². The zero-order chi connectivity index (χ0) is 24.9. The number of hydrogen-bond acceptors (Lipinski definition) is 2. The Morgan fingerprint density at radius 3 is 2.05 bits per heavy atom. The molecule has 2 heterocycles. The van der Waals surface area contributed by atoms with Crippen molar-refractivity contribution >= 4 is 11.0 Å². The lowest BCUT2D eigenvalue weighted by molar-refractivity contribution is 0.0817. The Bertz CT molecular complexity index is 1390. The molecule has 186 valence electrons. The maximum atomic E-state index is 4.79. The molecule has 0 N–H and O–H groups in total. The van der Waals surface area contributed by atoms with E-state index in [2.05, 4.69) is 131 Å². The summed E-state index contributed by atoms with van der Waals surface area (Å²) in [5.74, 6) is 0.582. The van der Waals surface area contributed by atoms with Crippen LogP contribution in [-0.4, -0.2) is 27.0 Å². The molecule has 1 aliphatic rings. The first-order chi connectivity index (χ1) is 18.3. The highest BCUT2D eigenvalue weighted by atomic mass is 15.2. The minimum atomic E-state index is 0.381. The lowest BCUT2D eigenvalue weighted by atomic mass is 9.80. The molecule has 1 aromatic heterocycles. The average Bonchev–Trinajstić information content (AvgIpc) is 3.38. The molecule has 1 fully saturated rings. The molecular formula is C34H35N3. The highest BCUT2D eigenvalue weighted by Gasteiger charge is 2.34. The number of rotatable bonds is 8. The summed E-state index contributed by atoms with van der Waals surface area (Å²) in [6, 6.07) is 42.5. The number of imidazole rings is 1. The van der Waals surface area contributed by atoms with Crippen LogP contribution < -0.4 is 0 Å². The predicted molar refractivity (Wildman–Crippen MR) is 152 cm³/mol. The second-order valence-electron chi connectivity index (χ2n) is 10.5. The van der Waals surface area contributed by atoms with Gasteiger partial charge in [0.2, 0.25) is 0 Å². The number of likely N-dealkylation sites (tertiary alicyclic amines) is 1. The average molecular weight is 486 g/mol. The van der Waals surface area contributed by atoms with Crippen molar-refractivity contribution in [3.63, 3.8) is 0 Å². The van der Waals surface area contributed by atoms with Gasteiger partial charge in [0.1, 0.15) is 0 Å². The van der Waals surface area contributed by atoms with Crippen LogP contribution in [0, 0.1) is 5.92 Å². The minimum Gasteiger partial charge on any atom is -0.327 e. The molecule has 3 heteroatoms. The van der Waals surface area contributed by atoms with Crippen LogP contribution in [0.2, 0.25) is 0 Å². The van der Waals surface area contributed by atoms with E-state index < -0.39 is 0 Å². The SMILES string of the molecule is c1ccc(CC2CC(C(Cc3ccccc3)n3cnc4ccccc43)CCN2Cc2ccccc2)cc1. The van der Waals surface area contributed by atoms with Gasteiger partial charge in [0.15, 0.2) is 0 Å². The summed E-state index contributed by atoms with van der Waals surface area (Å²) in [5.41, 5.74) is 6.56. The van der Waals surface area contributed by atoms with Crippen LogP contribution >= 0.6 is 0 Å². The smallest absolute Gasteiger partial charge is 0.0961 e. The zero-order valence-corrected chi connectivity index (χ0v) is 21.4. The highest BCUT2D eigenvalue weighted by molar-refractivity contribution is 5.75. The largest absolute Gasteiger partial charge is 0.327 e. The van der Waals surface area contributed by atoms with Crippen LogP contribution in [-0.2, 0) is 19.4 Å². The Kier molecular flexibility index (Phi) is 7.14. The first-order valence-corrected chi connectivity index (χ1v) is 13.6. The number of benzene rings is 4. The van der Waals surface area contributed by atoms with Gasteiger partial charge in [-0.25, -0.2) is 4.98 Å². The third kappa shape index (κ3) is 5.52. The number of fused-ring (bicyclic) bond motifs is 1. The maximum Gasteiger partial charge on any atom is 0.0961 e. The first-order valence-electron chi connectivity index (χ1n) is 13.6. The van der Waals surface area contributed by atoms with Crippen molar-refractivity contribution in [2.45, 2.75) is 44.3 Å². The summed E-state index contributed by atoms with van der Waals surface area (Å²) in [5, 5.41) is 0. The number of aromatic nitrogens is 2. The summed E-state index contributed by atoms with van der Waals surface area (Å²) in [4.78, 5) is 7.51. The van der Waals surface area contributed by atoms with Crippen molar-refractivity contribution in [3.8, 4) is 0 Å². The molecule has 1 aliphatic heterocycles. The number of piperidine rings is 1. The van der Waals surface area contributed by atoms with E-state index >= 15 is 0 Å². The van der Waals surface area contributed by atoms with Gasteiger partial charge in [-0.05, 0) is 67.0 Å². The van der Waals surface area contributed by atoms with Crippen LogP contribution in [0.25, 0.3) is 11.0 Å². The molecule has 0 radical (unpaired) electrons. The molecule has 0 saturated carbocycles. The molecule has 0 aliphatic carbocycles. The van der Waals surface area contributed by atoms with Crippen molar-refractivity contribution < 1.29 is 0 Å². The van der Waals surface area contributed by atoms with E-state index in [9.17, 15) is 0 Å². The van der Waals surface area contributed by atoms with Gasteiger partial charge in [-0.2, -0.15) is 0 Å². The molecule has 0 amide bonds. The van der Waals surface area contributed by atoms with Crippen LogP contribution in [0.1, 0.15) is 35.6 Å². The Labute approximate surface area is 220 Å².